The number of hydrogen-bond donors (Lipinski definition) is 0. The summed E-state index contributed by atoms with van der Waals surface area (Å²) in [6, 6.07) is 12.7. The van der Waals surface area contributed by atoms with E-state index in [1.807, 2.05) is 11.8 Å². The number of aliphatic imine (C=N–C) groups is 1. The van der Waals surface area contributed by atoms with E-state index in [1.54, 1.807) is 11.3 Å². The Hall–Kier alpha value is -1.06. The van der Waals surface area contributed by atoms with E-state index in [0.29, 0.717) is 0 Å². The van der Waals surface area contributed by atoms with Crippen LogP contribution in [-0.4, -0.2) is 11.5 Å². The smallest absolute Gasteiger partial charge is 0.0769 e. The average molecular weight is 259 g/mol. The van der Waals surface area contributed by atoms with Gasteiger partial charge in [0.05, 0.1) is 11.4 Å². The Morgan fingerprint density at radius 3 is 2.88 bits per heavy atom. The number of thioether (sulfide) groups is 1. The highest BCUT2D eigenvalue weighted by Crippen LogP contribution is 2.33. The van der Waals surface area contributed by atoms with Gasteiger partial charge < -0.3 is 0 Å². The van der Waals surface area contributed by atoms with Gasteiger partial charge in [-0.25, -0.2) is 0 Å². The first kappa shape index (κ1) is 11.1. The number of hydrogen-bond acceptors (Lipinski definition) is 3. The van der Waals surface area contributed by atoms with Crippen LogP contribution in [0.2, 0.25) is 0 Å². The Morgan fingerprint density at radius 2 is 2.00 bits per heavy atom. The van der Waals surface area contributed by atoms with Crippen molar-refractivity contribution < 1.29 is 0 Å². The fourth-order valence-electron chi connectivity index (χ4n) is 1.92. The van der Waals surface area contributed by atoms with Crippen LogP contribution < -0.4 is 0 Å². The van der Waals surface area contributed by atoms with Gasteiger partial charge in [-0.15, -0.1) is 23.1 Å². The van der Waals surface area contributed by atoms with Crippen molar-refractivity contribution in [2.45, 2.75) is 17.7 Å². The molecule has 86 valence electrons. The zero-order valence-corrected chi connectivity index (χ0v) is 11.1. The van der Waals surface area contributed by atoms with E-state index in [9.17, 15) is 0 Å². The quantitative estimate of drug-likeness (QED) is 0.719. The molecule has 2 heterocycles. The van der Waals surface area contributed by atoms with E-state index in [4.69, 9.17) is 4.99 Å². The number of benzene rings is 1. The van der Waals surface area contributed by atoms with E-state index in [2.05, 4.69) is 41.8 Å². The van der Waals surface area contributed by atoms with Gasteiger partial charge in [-0.05, 0) is 42.2 Å². The lowest BCUT2D eigenvalue weighted by Gasteiger charge is -2.12. The Kier molecular flexibility index (Phi) is 3.29. The molecule has 3 heteroatoms. The van der Waals surface area contributed by atoms with Crippen LogP contribution in [-0.2, 0) is 0 Å². The van der Waals surface area contributed by atoms with Crippen LogP contribution in [0.4, 0.5) is 5.69 Å². The second-order valence-electron chi connectivity index (χ2n) is 3.96. The zero-order chi connectivity index (χ0) is 11.5. The molecule has 1 nitrogen and oxygen atoms in total. The molecule has 0 N–H and O–H groups in total. The van der Waals surface area contributed by atoms with Crippen LogP contribution in [0, 0.1) is 0 Å². The molecule has 17 heavy (non-hydrogen) atoms. The predicted octanol–water partition coefficient (Wildman–Crippen LogP) is 4.75. The zero-order valence-electron chi connectivity index (χ0n) is 9.43. The lowest BCUT2D eigenvalue weighted by Crippen LogP contribution is -2.01. The third kappa shape index (κ3) is 2.45. The number of nitrogens with zero attached hydrogens (tertiary/aromatic N) is 1. The second-order valence-corrected chi connectivity index (χ2v) is 6.04. The molecule has 1 aromatic carbocycles. The van der Waals surface area contributed by atoms with Gasteiger partial charge in [0.1, 0.15) is 0 Å². The fourth-order valence-corrected chi connectivity index (χ4v) is 3.61. The van der Waals surface area contributed by atoms with E-state index < -0.39 is 0 Å². The van der Waals surface area contributed by atoms with Crippen molar-refractivity contribution in [2.24, 2.45) is 4.99 Å². The van der Waals surface area contributed by atoms with Crippen LogP contribution >= 0.6 is 23.1 Å². The van der Waals surface area contributed by atoms with Crippen LogP contribution in [0.5, 0.6) is 0 Å². The monoisotopic (exact) mass is 259 g/mol. The van der Waals surface area contributed by atoms with E-state index in [1.165, 1.54) is 27.7 Å². The molecule has 0 spiro atoms. The summed E-state index contributed by atoms with van der Waals surface area (Å²) in [5, 5.41) is 2.12. The maximum atomic E-state index is 4.85. The van der Waals surface area contributed by atoms with Gasteiger partial charge in [-0.2, -0.15) is 0 Å². The van der Waals surface area contributed by atoms with Gasteiger partial charge in [-0.3, -0.25) is 4.99 Å². The van der Waals surface area contributed by atoms with Crippen LogP contribution in [0.3, 0.4) is 0 Å². The number of thiophene rings is 1. The largest absolute Gasteiger partial charge is 0.251 e. The summed E-state index contributed by atoms with van der Waals surface area (Å²) >= 11 is 3.70. The van der Waals surface area contributed by atoms with Gasteiger partial charge >= 0.3 is 0 Å². The molecule has 1 aliphatic rings. The maximum absolute atomic E-state index is 4.85. The molecule has 1 aromatic heterocycles. The molecule has 0 bridgehead atoms. The van der Waals surface area contributed by atoms with Gasteiger partial charge in [-0.1, -0.05) is 18.2 Å². The highest BCUT2D eigenvalue weighted by molar-refractivity contribution is 7.99. The highest BCUT2D eigenvalue weighted by atomic mass is 32.2. The van der Waals surface area contributed by atoms with E-state index >= 15 is 0 Å². The maximum Gasteiger partial charge on any atom is 0.0769 e. The van der Waals surface area contributed by atoms with Gasteiger partial charge in [0, 0.05) is 9.77 Å². The molecule has 0 radical (unpaired) electrons. The summed E-state index contributed by atoms with van der Waals surface area (Å²) < 4.78 is 0. The van der Waals surface area contributed by atoms with E-state index in [-0.39, 0.29) is 0 Å². The third-order valence-corrected chi connectivity index (χ3v) is 4.81. The fraction of sp³-hybridized carbons (Fsp3) is 0.214. The molecule has 3 rings (SSSR count). The number of para-hydroxylation sites is 1. The Bertz CT molecular complexity index is 529. The van der Waals surface area contributed by atoms with Crippen LogP contribution in [0.15, 0.2) is 51.7 Å². The predicted molar refractivity (Wildman–Crippen MR) is 76.9 cm³/mol. The number of rotatable bonds is 1. The second kappa shape index (κ2) is 5.07. The molecule has 0 atom stereocenters. The standard InChI is InChI=1S/C14H13NS2/c1-2-7-13-11(5-1)15-12(6-3-9-16-13)14-8-4-10-17-14/h1-2,4-5,7-8,10H,3,6,9H2. The van der Waals surface area contributed by atoms with Crippen molar-refractivity contribution in [3.63, 3.8) is 0 Å². The minimum Gasteiger partial charge on any atom is -0.251 e. The molecule has 1 aliphatic heterocycles. The molecular formula is C14H13NS2. The highest BCUT2D eigenvalue weighted by Gasteiger charge is 2.10. The van der Waals surface area contributed by atoms with Crippen molar-refractivity contribution in [1.82, 2.24) is 0 Å². The lowest BCUT2D eigenvalue weighted by atomic mass is 10.2. The average Bonchev–Trinajstić information content (AvgIpc) is 2.83. The summed E-state index contributed by atoms with van der Waals surface area (Å²) in [5.41, 5.74) is 2.37. The lowest BCUT2D eigenvalue weighted by molar-refractivity contribution is 1.00. The first-order valence-electron chi connectivity index (χ1n) is 5.77. The molecule has 2 aromatic rings. The van der Waals surface area contributed by atoms with Crippen molar-refractivity contribution in [3.8, 4) is 0 Å². The first-order chi connectivity index (χ1) is 8.43. The van der Waals surface area contributed by atoms with Crippen molar-refractivity contribution in [1.29, 1.82) is 0 Å². The first-order valence-corrected chi connectivity index (χ1v) is 7.63. The van der Waals surface area contributed by atoms with Gasteiger partial charge in [0.25, 0.3) is 0 Å². The summed E-state index contributed by atoms with van der Waals surface area (Å²) in [6.07, 6.45) is 2.29. The van der Waals surface area contributed by atoms with Gasteiger partial charge in [0.2, 0.25) is 0 Å². The van der Waals surface area contributed by atoms with Gasteiger partial charge in [0.15, 0.2) is 0 Å². The minimum absolute atomic E-state index is 1.09. The van der Waals surface area contributed by atoms with Crippen LogP contribution in [0.25, 0.3) is 0 Å². The molecule has 0 amide bonds. The van der Waals surface area contributed by atoms with Crippen LogP contribution in [0.1, 0.15) is 17.7 Å². The van der Waals surface area contributed by atoms with Crippen molar-refractivity contribution >= 4 is 34.5 Å². The summed E-state index contributed by atoms with van der Waals surface area (Å²) in [6.45, 7) is 0. The Morgan fingerprint density at radius 1 is 1.06 bits per heavy atom. The molecule has 0 fully saturated rings. The Labute approximate surface area is 110 Å². The molecule has 0 saturated carbocycles. The number of fused-ring (bicyclic) bond motifs is 1. The molecule has 0 unspecified atom stereocenters. The SMILES string of the molecule is c1csc(C2=Nc3ccccc3SCCC2)c1. The topological polar surface area (TPSA) is 12.4 Å². The summed E-state index contributed by atoms with van der Waals surface area (Å²) in [4.78, 5) is 7.47. The normalized spacial score (nSPS) is 15.6. The van der Waals surface area contributed by atoms with Crippen molar-refractivity contribution in [3.05, 3.63) is 46.7 Å². The van der Waals surface area contributed by atoms with Crippen molar-refractivity contribution in [2.75, 3.05) is 5.75 Å². The van der Waals surface area contributed by atoms with E-state index in [0.717, 1.165) is 12.1 Å². The summed E-state index contributed by atoms with van der Waals surface area (Å²) in [7, 11) is 0. The molecular weight excluding hydrogens is 246 g/mol. The third-order valence-electron chi connectivity index (χ3n) is 2.74. The minimum atomic E-state index is 1.09. The summed E-state index contributed by atoms with van der Waals surface area (Å²) in [5.74, 6) is 1.18. The molecule has 0 aliphatic carbocycles. The Balaban J connectivity index is 2.06. The molecule has 0 saturated heterocycles.